The molecule has 0 saturated carbocycles. The lowest BCUT2D eigenvalue weighted by Crippen LogP contribution is -2.39. The lowest BCUT2D eigenvalue weighted by molar-refractivity contribution is -0.137. The number of halogens is 4. The standard InChI is InChI=1S/C24H24F4N6O2/c1-12-8-15-9-16(24(26,27)28)4-5-17(15)33-11-30-20(21(12)33)14(3)31-22-29-7-6-19(32-22)34-18(13(2)25)10-36-23(34)35/h4-7,9,11-14,18H,8,10H2,1-3H3,(H,29,31,32)/t12?,13-,14-,18+/m0/s1. The number of nitrogens with zero attached hydrogens (tertiary/aromatic N) is 5. The number of alkyl halides is 4. The number of benzene rings is 1. The van der Waals surface area contributed by atoms with E-state index in [9.17, 15) is 22.4 Å². The molecule has 0 aliphatic carbocycles. The van der Waals surface area contributed by atoms with Crippen molar-refractivity contribution in [2.45, 2.75) is 57.5 Å². The maximum atomic E-state index is 14.0. The van der Waals surface area contributed by atoms with Gasteiger partial charge in [-0.15, -0.1) is 0 Å². The third-order valence-electron chi connectivity index (χ3n) is 6.57. The van der Waals surface area contributed by atoms with Crippen molar-refractivity contribution in [1.29, 1.82) is 0 Å². The number of carbonyl (C=O) groups is 1. The van der Waals surface area contributed by atoms with Crippen LogP contribution in [0.2, 0.25) is 0 Å². The summed E-state index contributed by atoms with van der Waals surface area (Å²) in [6, 6.07) is 4.11. The summed E-state index contributed by atoms with van der Waals surface area (Å²) in [6.45, 7) is 5.10. The van der Waals surface area contributed by atoms with Gasteiger partial charge in [0.25, 0.3) is 0 Å². The highest BCUT2D eigenvalue weighted by atomic mass is 19.4. The monoisotopic (exact) mass is 504 g/mol. The van der Waals surface area contributed by atoms with E-state index in [2.05, 4.69) is 20.3 Å². The first kappa shape index (κ1) is 24.0. The Bertz CT molecular complexity index is 1310. The number of hydrogen-bond donors (Lipinski definition) is 1. The maximum absolute atomic E-state index is 14.0. The molecule has 1 aromatic carbocycles. The van der Waals surface area contributed by atoms with E-state index in [1.165, 1.54) is 36.2 Å². The highest BCUT2D eigenvalue weighted by Gasteiger charge is 2.39. The molecule has 1 amide bonds. The molecule has 1 saturated heterocycles. The van der Waals surface area contributed by atoms with Crippen molar-refractivity contribution in [3.05, 3.63) is 59.3 Å². The molecule has 190 valence electrons. The number of ether oxygens (including phenoxy) is 1. The van der Waals surface area contributed by atoms with Gasteiger partial charge < -0.3 is 14.6 Å². The quantitative estimate of drug-likeness (QED) is 0.481. The lowest BCUT2D eigenvalue weighted by atomic mass is 9.89. The van der Waals surface area contributed by atoms with Gasteiger partial charge in [0, 0.05) is 12.1 Å². The van der Waals surface area contributed by atoms with Gasteiger partial charge in [0.2, 0.25) is 5.95 Å². The second kappa shape index (κ2) is 8.75. The molecule has 8 nitrogen and oxygen atoms in total. The van der Waals surface area contributed by atoms with E-state index < -0.39 is 30.0 Å². The maximum Gasteiger partial charge on any atom is 0.416 e. The van der Waals surface area contributed by atoms with Crippen LogP contribution in [0.1, 0.15) is 55.2 Å². The number of hydrogen-bond acceptors (Lipinski definition) is 6. The SMILES string of the molecule is CC1Cc2cc(C(F)(F)F)ccc2-n2cnc([C@H](C)Nc3nccc(N4C(=O)OC[C@@H]4[C@H](C)F)n3)c21. The van der Waals surface area contributed by atoms with Crippen LogP contribution in [0.15, 0.2) is 36.8 Å². The zero-order valence-corrected chi connectivity index (χ0v) is 19.8. The zero-order chi connectivity index (χ0) is 25.8. The van der Waals surface area contributed by atoms with E-state index in [4.69, 9.17) is 4.74 Å². The van der Waals surface area contributed by atoms with Crippen LogP contribution in [0.4, 0.5) is 34.1 Å². The van der Waals surface area contributed by atoms with Crippen molar-refractivity contribution in [1.82, 2.24) is 19.5 Å². The molecule has 1 N–H and O–H groups in total. The van der Waals surface area contributed by atoms with Crippen LogP contribution >= 0.6 is 0 Å². The Morgan fingerprint density at radius 1 is 1.19 bits per heavy atom. The largest absolute Gasteiger partial charge is 0.447 e. The number of rotatable bonds is 5. The molecule has 2 aromatic heterocycles. The van der Waals surface area contributed by atoms with Gasteiger partial charge in [0.1, 0.15) is 24.6 Å². The first-order valence-corrected chi connectivity index (χ1v) is 11.5. The Morgan fingerprint density at radius 2 is 1.97 bits per heavy atom. The predicted octanol–water partition coefficient (Wildman–Crippen LogP) is 5.20. The number of carbonyl (C=O) groups excluding carboxylic acids is 1. The summed E-state index contributed by atoms with van der Waals surface area (Å²) >= 11 is 0. The van der Waals surface area contributed by atoms with Crippen molar-refractivity contribution in [2.75, 3.05) is 16.8 Å². The van der Waals surface area contributed by atoms with Crippen LogP contribution in [0.25, 0.3) is 5.69 Å². The summed E-state index contributed by atoms with van der Waals surface area (Å²) in [7, 11) is 0. The van der Waals surface area contributed by atoms with Gasteiger partial charge in [0.05, 0.1) is 35.0 Å². The van der Waals surface area contributed by atoms with E-state index in [1.807, 2.05) is 18.4 Å². The van der Waals surface area contributed by atoms with Gasteiger partial charge in [-0.3, -0.25) is 4.90 Å². The van der Waals surface area contributed by atoms with E-state index in [1.54, 1.807) is 6.33 Å². The molecule has 4 heterocycles. The average Bonchev–Trinajstić information content (AvgIpc) is 3.43. The second-order valence-electron chi connectivity index (χ2n) is 9.13. The number of nitrogens with one attached hydrogen (secondary N) is 1. The van der Waals surface area contributed by atoms with Gasteiger partial charge in [-0.2, -0.15) is 18.2 Å². The fourth-order valence-electron chi connectivity index (χ4n) is 4.83. The Balaban J connectivity index is 1.41. The third kappa shape index (κ3) is 4.14. The normalized spacial score (nSPS) is 21.0. The van der Waals surface area contributed by atoms with Gasteiger partial charge >= 0.3 is 12.3 Å². The van der Waals surface area contributed by atoms with Gasteiger partial charge in [-0.1, -0.05) is 6.92 Å². The molecule has 2 aliphatic heterocycles. The smallest absolute Gasteiger partial charge is 0.416 e. The average molecular weight is 504 g/mol. The molecule has 0 radical (unpaired) electrons. The molecule has 4 atom stereocenters. The molecule has 36 heavy (non-hydrogen) atoms. The molecule has 1 fully saturated rings. The summed E-state index contributed by atoms with van der Waals surface area (Å²) in [4.78, 5) is 26.5. The van der Waals surface area contributed by atoms with Gasteiger partial charge in [-0.05, 0) is 50.1 Å². The minimum Gasteiger partial charge on any atom is -0.447 e. The minimum absolute atomic E-state index is 0.0652. The second-order valence-corrected chi connectivity index (χ2v) is 9.13. The molecular weight excluding hydrogens is 480 g/mol. The van der Waals surface area contributed by atoms with Crippen LogP contribution in [0.3, 0.4) is 0 Å². The van der Waals surface area contributed by atoms with Crippen molar-refractivity contribution in [3.63, 3.8) is 0 Å². The first-order valence-electron chi connectivity index (χ1n) is 11.5. The predicted molar refractivity (Wildman–Crippen MR) is 123 cm³/mol. The Kier molecular flexibility index (Phi) is 5.84. The van der Waals surface area contributed by atoms with E-state index in [0.29, 0.717) is 23.4 Å². The lowest BCUT2D eigenvalue weighted by Gasteiger charge is -2.27. The van der Waals surface area contributed by atoms with Crippen LogP contribution in [0, 0.1) is 0 Å². The Labute approximate surface area is 204 Å². The Morgan fingerprint density at radius 3 is 2.69 bits per heavy atom. The molecule has 1 unspecified atom stereocenters. The summed E-state index contributed by atoms with van der Waals surface area (Å²) in [5.41, 5.74) is 2.19. The van der Waals surface area contributed by atoms with Crippen molar-refractivity contribution >= 4 is 17.9 Å². The molecule has 5 rings (SSSR count). The summed E-state index contributed by atoms with van der Waals surface area (Å²) in [5.74, 6) is 0.345. The molecule has 2 aliphatic rings. The molecular formula is C24H24F4N6O2. The van der Waals surface area contributed by atoms with Crippen LogP contribution < -0.4 is 10.2 Å². The fraction of sp³-hybridized carbons (Fsp3) is 0.417. The zero-order valence-electron chi connectivity index (χ0n) is 19.8. The third-order valence-corrected chi connectivity index (χ3v) is 6.57. The number of cyclic esters (lactones) is 1. The molecule has 12 heteroatoms. The first-order chi connectivity index (χ1) is 17.0. The number of aromatic nitrogens is 4. The van der Waals surface area contributed by atoms with E-state index in [0.717, 1.165) is 11.8 Å². The molecule has 0 bridgehead atoms. The molecule has 0 spiro atoms. The topological polar surface area (TPSA) is 85.2 Å². The Hall–Kier alpha value is -3.70. The van der Waals surface area contributed by atoms with Gasteiger partial charge in [0.15, 0.2) is 0 Å². The number of imidazole rings is 1. The minimum atomic E-state index is -4.40. The van der Waals surface area contributed by atoms with Gasteiger partial charge in [-0.25, -0.2) is 19.2 Å². The summed E-state index contributed by atoms with van der Waals surface area (Å²) in [5, 5.41) is 3.17. The molecule has 3 aromatic rings. The van der Waals surface area contributed by atoms with Crippen LogP contribution in [-0.2, 0) is 17.3 Å². The van der Waals surface area contributed by atoms with Crippen molar-refractivity contribution in [3.8, 4) is 5.69 Å². The summed E-state index contributed by atoms with van der Waals surface area (Å²) < 4.78 is 60.4. The fourth-order valence-corrected chi connectivity index (χ4v) is 4.83. The van der Waals surface area contributed by atoms with Crippen molar-refractivity contribution < 1.29 is 27.1 Å². The highest BCUT2D eigenvalue weighted by molar-refractivity contribution is 5.89. The number of amides is 1. The van der Waals surface area contributed by atoms with Crippen LogP contribution in [-0.4, -0.2) is 44.4 Å². The van der Waals surface area contributed by atoms with Crippen molar-refractivity contribution in [2.24, 2.45) is 0 Å². The summed E-state index contributed by atoms with van der Waals surface area (Å²) in [6.07, 6.45) is -2.88. The number of anilines is 2. The van der Waals surface area contributed by atoms with E-state index >= 15 is 0 Å². The van der Waals surface area contributed by atoms with E-state index in [-0.39, 0.29) is 30.3 Å². The number of fused-ring (bicyclic) bond motifs is 3. The highest BCUT2D eigenvalue weighted by Crippen LogP contribution is 2.39. The van der Waals surface area contributed by atoms with Crippen LogP contribution in [0.5, 0.6) is 0 Å².